The zero-order chi connectivity index (χ0) is 15.4. The van der Waals surface area contributed by atoms with Gasteiger partial charge >= 0.3 is 0 Å². The molecule has 0 radical (unpaired) electrons. The lowest BCUT2D eigenvalue weighted by Crippen LogP contribution is -2.43. The largest absolute Gasteiger partial charge is 0.481 e. The third-order valence-corrected chi connectivity index (χ3v) is 4.41. The molecule has 1 aliphatic rings. The maximum absolute atomic E-state index is 12.5. The molecule has 21 heavy (non-hydrogen) atoms. The molecule has 116 valence electrons. The number of benzene rings is 1. The van der Waals surface area contributed by atoms with E-state index >= 15 is 0 Å². The van der Waals surface area contributed by atoms with Gasteiger partial charge in [0.2, 0.25) is 0 Å². The molecule has 3 heteroatoms. The summed E-state index contributed by atoms with van der Waals surface area (Å²) in [5, 5.41) is 0. The monoisotopic (exact) mass is 289 g/mol. The molecular formula is C18H27NO2. The molecule has 1 unspecified atom stereocenters. The van der Waals surface area contributed by atoms with Gasteiger partial charge in [-0.15, -0.1) is 0 Å². The van der Waals surface area contributed by atoms with E-state index in [1.165, 1.54) is 12.8 Å². The van der Waals surface area contributed by atoms with E-state index in [1.807, 2.05) is 37.1 Å². The fraction of sp³-hybridized carbons (Fsp3) is 0.611. The Labute approximate surface area is 128 Å². The van der Waals surface area contributed by atoms with E-state index in [9.17, 15) is 4.79 Å². The SMILES string of the molecule is CC(Oc1ccccc1C(C)C)C(=O)N(C)C1CCCC1. The van der Waals surface area contributed by atoms with Crippen molar-refractivity contribution in [3.05, 3.63) is 29.8 Å². The van der Waals surface area contributed by atoms with Crippen LogP contribution in [0.1, 0.15) is 57.9 Å². The molecule has 0 aliphatic heterocycles. The van der Waals surface area contributed by atoms with Gasteiger partial charge in [0, 0.05) is 13.1 Å². The number of hydrogen-bond donors (Lipinski definition) is 0. The van der Waals surface area contributed by atoms with Crippen molar-refractivity contribution in [2.24, 2.45) is 0 Å². The number of amides is 1. The normalized spacial score (nSPS) is 17.0. The van der Waals surface area contributed by atoms with E-state index in [2.05, 4.69) is 19.9 Å². The Morgan fingerprint density at radius 2 is 1.81 bits per heavy atom. The van der Waals surface area contributed by atoms with Crippen LogP contribution in [-0.4, -0.2) is 30.0 Å². The molecule has 2 rings (SSSR count). The minimum absolute atomic E-state index is 0.0838. The Kier molecular flexibility index (Phi) is 5.27. The smallest absolute Gasteiger partial charge is 0.263 e. The minimum Gasteiger partial charge on any atom is -0.481 e. The third-order valence-electron chi connectivity index (χ3n) is 4.41. The first-order chi connectivity index (χ1) is 10.0. The van der Waals surface area contributed by atoms with E-state index < -0.39 is 6.10 Å². The summed E-state index contributed by atoms with van der Waals surface area (Å²) in [6, 6.07) is 8.38. The van der Waals surface area contributed by atoms with E-state index in [0.29, 0.717) is 12.0 Å². The molecule has 3 nitrogen and oxygen atoms in total. The highest BCUT2D eigenvalue weighted by Gasteiger charge is 2.27. The average molecular weight is 289 g/mol. The summed E-state index contributed by atoms with van der Waals surface area (Å²) in [7, 11) is 1.91. The van der Waals surface area contributed by atoms with Crippen LogP contribution in [0.2, 0.25) is 0 Å². The summed E-state index contributed by atoms with van der Waals surface area (Å²) < 4.78 is 5.96. The Morgan fingerprint density at radius 1 is 1.19 bits per heavy atom. The highest BCUT2D eigenvalue weighted by Crippen LogP contribution is 2.28. The lowest BCUT2D eigenvalue weighted by molar-refractivity contribution is -0.138. The highest BCUT2D eigenvalue weighted by atomic mass is 16.5. The van der Waals surface area contributed by atoms with E-state index in [-0.39, 0.29) is 5.91 Å². The molecule has 0 N–H and O–H groups in total. The first-order valence-electron chi connectivity index (χ1n) is 8.03. The number of carbonyl (C=O) groups is 1. The van der Waals surface area contributed by atoms with E-state index in [0.717, 1.165) is 24.2 Å². The van der Waals surface area contributed by atoms with Crippen LogP contribution < -0.4 is 4.74 Å². The number of hydrogen-bond acceptors (Lipinski definition) is 2. The van der Waals surface area contributed by atoms with Crippen LogP contribution in [0.4, 0.5) is 0 Å². The Bertz CT molecular complexity index is 478. The second-order valence-electron chi connectivity index (χ2n) is 6.34. The van der Waals surface area contributed by atoms with Gasteiger partial charge in [0.25, 0.3) is 5.91 Å². The van der Waals surface area contributed by atoms with Crippen LogP contribution >= 0.6 is 0 Å². The molecule has 1 fully saturated rings. The van der Waals surface area contributed by atoms with Crippen molar-refractivity contribution in [3.8, 4) is 5.75 Å². The highest BCUT2D eigenvalue weighted by molar-refractivity contribution is 5.81. The topological polar surface area (TPSA) is 29.5 Å². The van der Waals surface area contributed by atoms with Crippen molar-refractivity contribution in [1.29, 1.82) is 0 Å². The maximum atomic E-state index is 12.5. The Hall–Kier alpha value is -1.51. The maximum Gasteiger partial charge on any atom is 0.263 e. The predicted octanol–water partition coefficient (Wildman–Crippen LogP) is 3.98. The molecule has 0 aromatic heterocycles. The number of para-hydroxylation sites is 1. The fourth-order valence-corrected chi connectivity index (χ4v) is 3.06. The second-order valence-corrected chi connectivity index (χ2v) is 6.34. The van der Waals surface area contributed by atoms with Gasteiger partial charge < -0.3 is 9.64 Å². The molecule has 1 amide bonds. The van der Waals surface area contributed by atoms with Crippen LogP contribution in [0.15, 0.2) is 24.3 Å². The van der Waals surface area contributed by atoms with Crippen molar-refractivity contribution in [2.75, 3.05) is 7.05 Å². The third kappa shape index (κ3) is 3.78. The molecule has 0 bridgehead atoms. The van der Waals surface area contributed by atoms with Gasteiger partial charge in [-0.1, -0.05) is 44.9 Å². The van der Waals surface area contributed by atoms with E-state index in [4.69, 9.17) is 4.74 Å². The summed E-state index contributed by atoms with van der Waals surface area (Å²) >= 11 is 0. The summed E-state index contributed by atoms with van der Waals surface area (Å²) in [4.78, 5) is 14.4. The summed E-state index contributed by atoms with van der Waals surface area (Å²) in [6.45, 7) is 6.13. The molecule has 0 spiro atoms. The molecule has 0 saturated heterocycles. The van der Waals surface area contributed by atoms with Gasteiger partial charge in [0.05, 0.1) is 0 Å². The summed E-state index contributed by atoms with van der Waals surface area (Å²) in [5.41, 5.74) is 1.15. The van der Waals surface area contributed by atoms with Crippen LogP contribution in [-0.2, 0) is 4.79 Å². The number of nitrogens with zero attached hydrogens (tertiary/aromatic N) is 1. The van der Waals surface area contributed by atoms with Gasteiger partial charge in [-0.3, -0.25) is 4.79 Å². The molecule has 1 aliphatic carbocycles. The number of rotatable bonds is 5. The molecule has 1 aromatic rings. The first-order valence-corrected chi connectivity index (χ1v) is 8.03. The zero-order valence-corrected chi connectivity index (χ0v) is 13.6. The van der Waals surface area contributed by atoms with Crippen LogP contribution in [0.5, 0.6) is 5.75 Å². The fourth-order valence-electron chi connectivity index (χ4n) is 3.06. The molecule has 1 aromatic carbocycles. The molecule has 0 heterocycles. The number of carbonyl (C=O) groups excluding carboxylic acids is 1. The van der Waals surface area contributed by atoms with Crippen molar-refractivity contribution < 1.29 is 9.53 Å². The number of ether oxygens (including phenoxy) is 1. The van der Waals surface area contributed by atoms with Crippen LogP contribution in [0, 0.1) is 0 Å². The molecular weight excluding hydrogens is 262 g/mol. The zero-order valence-electron chi connectivity index (χ0n) is 13.6. The van der Waals surface area contributed by atoms with Gasteiger partial charge in [0.15, 0.2) is 6.10 Å². The lowest BCUT2D eigenvalue weighted by atomic mass is 10.0. The second kappa shape index (κ2) is 6.97. The summed E-state index contributed by atoms with van der Waals surface area (Å²) in [5.74, 6) is 1.30. The minimum atomic E-state index is -0.435. The Morgan fingerprint density at radius 3 is 2.43 bits per heavy atom. The van der Waals surface area contributed by atoms with Crippen LogP contribution in [0.25, 0.3) is 0 Å². The van der Waals surface area contributed by atoms with Crippen molar-refractivity contribution >= 4 is 5.91 Å². The van der Waals surface area contributed by atoms with Crippen LogP contribution in [0.3, 0.4) is 0 Å². The Balaban J connectivity index is 2.03. The van der Waals surface area contributed by atoms with Gasteiger partial charge in [0.1, 0.15) is 5.75 Å². The van der Waals surface area contributed by atoms with Crippen molar-refractivity contribution in [1.82, 2.24) is 4.90 Å². The predicted molar refractivity (Wildman–Crippen MR) is 85.6 cm³/mol. The first kappa shape index (κ1) is 15.9. The van der Waals surface area contributed by atoms with Gasteiger partial charge in [-0.05, 0) is 37.3 Å². The summed E-state index contributed by atoms with van der Waals surface area (Å²) in [6.07, 6.45) is 4.27. The molecule has 1 atom stereocenters. The van der Waals surface area contributed by atoms with E-state index in [1.54, 1.807) is 0 Å². The van der Waals surface area contributed by atoms with Crippen molar-refractivity contribution in [2.45, 2.75) is 64.5 Å². The number of likely N-dealkylation sites (N-methyl/N-ethyl adjacent to an activating group) is 1. The lowest BCUT2D eigenvalue weighted by Gasteiger charge is -2.28. The van der Waals surface area contributed by atoms with Gasteiger partial charge in [-0.25, -0.2) is 0 Å². The van der Waals surface area contributed by atoms with Crippen molar-refractivity contribution in [3.63, 3.8) is 0 Å². The average Bonchev–Trinajstić information content (AvgIpc) is 3.00. The molecule has 1 saturated carbocycles. The van der Waals surface area contributed by atoms with Gasteiger partial charge in [-0.2, -0.15) is 0 Å². The quantitative estimate of drug-likeness (QED) is 0.820. The standard InChI is InChI=1S/C18H27NO2/c1-13(2)16-11-7-8-12-17(16)21-14(3)18(20)19(4)15-9-5-6-10-15/h7-8,11-15H,5-6,9-10H2,1-4H3.